The number of rotatable bonds is 6. The van der Waals surface area contributed by atoms with E-state index >= 15 is 0 Å². The van der Waals surface area contributed by atoms with Crippen molar-refractivity contribution < 1.29 is 18.8 Å². The molecule has 8 heteroatoms. The highest BCUT2D eigenvalue weighted by atomic mass is 19.1. The number of benzene rings is 2. The summed E-state index contributed by atoms with van der Waals surface area (Å²) in [6.45, 7) is 6.50. The van der Waals surface area contributed by atoms with Crippen LogP contribution in [0, 0.1) is 24.7 Å². The molecule has 2 aliphatic rings. The van der Waals surface area contributed by atoms with Gasteiger partial charge in [-0.2, -0.15) is 0 Å². The van der Waals surface area contributed by atoms with Gasteiger partial charge in [0.05, 0.1) is 12.1 Å². The number of hydrogen-bond donors (Lipinski definition) is 3. The molecule has 0 saturated carbocycles. The average molecular weight is 519 g/mol. The first kappa shape index (κ1) is 27.3. The normalized spacial score (nSPS) is 22.6. The van der Waals surface area contributed by atoms with Gasteiger partial charge in [-0.1, -0.05) is 43.4 Å². The smallest absolute Gasteiger partial charge is 0.251 e. The minimum absolute atomic E-state index is 0.0275. The molecule has 3 amide bonds. The summed E-state index contributed by atoms with van der Waals surface area (Å²) < 4.78 is 13.5. The van der Waals surface area contributed by atoms with Crippen molar-refractivity contribution in [3.8, 4) is 11.8 Å². The van der Waals surface area contributed by atoms with Gasteiger partial charge in [0, 0.05) is 54.7 Å². The summed E-state index contributed by atoms with van der Waals surface area (Å²) in [7, 11) is 0. The summed E-state index contributed by atoms with van der Waals surface area (Å²) in [5.41, 5.74) is 3.41. The van der Waals surface area contributed by atoms with Crippen molar-refractivity contribution in [1.82, 2.24) is 20.9 Å². The first-order valence-corrected chi connectivity index (χ1v) is 13.1. The van der Waals surface area contributed by atoms with Crippen LogP contribution < -0.4 is 16.0 Å². The second kappa shape index (κ2) is 12.2. The van der Waals surface area contributed by atoms with E-state index in [0.717, 1.165) is 11.1 Å². The molecule has 4 rings (SSSR count). The number of aryl methyl sites for hydroxylation is 1. The number of nitrogens with one attached hydrogen (secondary N) is 3. The molecule has 200 valence electrons. The van der Waals surface area contributed by atoms with Gasteiger partial charge in [0.25, 0.3) is 5.91 Å². The third kappa shape index (κ3) is 6.99. The highest BCUT2D eigenvalue weighted by Crippen LogP contribution is 2.21. The molecule has 0 bridgehead atoms. The zero-order chi connectivity index (χ0) is 27.2. The molecule has 2 fully saturated rings. The average Bonchev–Trinajstić information content (AvgIpc) is 3.52. The lowest BCUT2D eigenvalue weighted by Gasteiger charge is -2.26. The maximum absolute atomic E-state index is 13.5. The molecule has 2 aliphatic heterocycles. The van der Waals surface area contributed by atoms with Crippen LogP contribution in [-0.2, 0) is 9.59 Å². The summed E-state index contributed by atoms with van der Waals surface area (Å²) in [4.78, 5) is 40.0. The molecule has 2 aromatic carbocycles. The van der Waals surface area contributed by atoms with Crippen molar-refractivity contribution in [1.29, 1.82) is 0 Å². The Bertz CT molecular complexity index is 1220. The van der Waals surface area contributed by atoms with E-state index in [1.165, 1.54) is 5.56 Å². The number of alkyl halides is 1. The first-order chi connectivity index (χ1) is 18.2. The van der Waals surface area contributed by atoms with Gasteiger partial charge in [-0.05, 0) is 49.7 Å². The SMILES string of the molecule is Cc1ccc(C#Cc2ccc(C(=O)NC[C@H]3C[C@@H](NC(=O)[C@@H]4C[C@H](F)CN4)CN3C(=O)C(C)C)cc2)cc1. The van der Waals surface area contributed by atoms with E-state index in [-0.39, 0.29) is 55.2 Å². The summed E-state index contributed by atoms with van der Waals surface area (Å²) in [6, 6.07) is 14.0. The molecule has 38 heavy (non-hydrogen) atoms. The fourth-order valence-corrected chi connectivity index (χ4v) is 4.81. The highest BCUT2D eigenvalue weighted by Gasteiger charge is 2.38. The Kier molecular flexibility index (Phi) is 8.80. The Labute approximate surface area is 223 Å². The molecule has 0 unspecified atom stereocenters. The van der Waals surface area contributed by atoms with Crippen LogP contribution in [0.5, 0.6) is 0 Å². The Morgan fingerprint density at radius 3 is 2.24 bits per heavy atom. The predicted octanol–water partition coefficient (Wildman–Crippen LogP) is 2.57. The number of carbonyl (C=O) groups excluding carboxylic acids is 3. The molecule has 2 aromatic rings. The minimum Gasteiger partial charge on any atom is -0.350 e. The molecular weight excluding hydrogens is 483 g/mol. The van der Waals surface area contributed by atoms with Gasteiger partial charge in [0.1, 0.15) is 6.17 Å². The molecule has 0 radical (unpaired) electrons. The summed E-state index contributed by atoms with van der Waals surface area (Å²) in [5.74, 6) is 5.51. The van der Waals surface area contributed by atoms with Crippen LogP contribution in [0.3, 0.4) is 0 Å². The van der Waals surface area contributed by atoms with Crippen molar-refractivity contribution in [2.24, 2.45) is 5.92 Å². The maximum Gasteiger partial charge on any atom is 0.251 e. The van der Waals surface area contributed by atoms with Crippen molar-refractivity contribution in [2.45, 2.75) is 57.9 Å². The number of halogens is 1. The van der Waals surface area contributed by atoms with Crippen LogP contribution in [0.2, 0.25) is 0 Å². The first-order valence-electron chi connectivity index (χ1n) is 13.1. The van der Waals surface area contributed by atoms with Crippen LogP contribution >= 0.6 is 0 Å². The van der Waals surface area contributed by atoms with Crippen molar-refractivity contribution >= 4 is 17.7 Å². The summed E-state index contributed by atoms with van der Waals surface area (Å²) in [5, 5.41) is 8.79. The maximum atomic E-state index is 13.5. The Hall–Kier alpha value is -3.70. The minimum atomic E-state index is -1.02. The third-order valence-electron chi connectivity index (χ3n) is 6.98. The summed E-state index contributed by atoms with van der Waals surface area (Å²) >= 11 is 0. The molecular formula is C30H35FN4O3. The van der Waals surface area contributed by atoms with Gasteiger partial charge < -0.3 is 20.9 Å². The van der Waals surface area contributed by atoms with E-state index in [2.05, 4.69) is 27.8 Å². The molecule has 0 spiro atoms. The quantitative estimate of drug-likeness (QED) is 0.513. The Balaban J connectivity index is 1.34. The Morgan fingerprint density at radius 2 is 1.66 bits per heavy atom. The van der Waals surface area contributed by atoms with Crippen molar-refractivity contribution in [3.63, 3.8) is 0 Å². The zero-order valence-electron chi connectivity index (χ0n) is 22.1. The molecule has 0 aliphatic carbocycles. The number of likely N-dealkylation sites (tertiary alicyclic amines) is 1. The van der Waals surface area contributed by atoms with Crippen LogP contribution in [0.15, 0.2) is 48.5 Å². The van der Waals surface area contributed by atoms with Gasteiger partial charge in [-0.3, -0.25) is 14.4 Å². The van der Waals surface area contributed by atoms with E-state index in [1.807, 2.05) is 57.2 Å². The van der Waals surface area contributed by atoms with E-state index < -0.39 is 12.2 Å². The molecule has 4 atom stereocenters. The topological polar surface area (TPSA) is 90.5 Å². The molecule has 3 N–H and O–H groups in total. The monoisotopic (exact) mass is 518 g/mol. The lowest BCUT2D eigenvalue weighted by molar-refractivity contribution is -0.135. The number of carbonyl (C=O) groups is 3. The second-order valence-electron chi connectivity index (χ2n) is 10.4. The lowest BCUT2D eigenvalue weighted by atomic mass is 10.1. The predicted molar refractivity (Wildman–Crippen MR) is 144 cm³/mol. The molecule has 2 heterocycles. The highest BCUT2D eigenvalue weighted by molar-refractivity contribution is 5.94. The van der Waals surface area contributed by atoms with E-state index in [9.17, 15) is 18.8 Å². The van der Waals surface area contributed by atoms with Gasteiger partial charge in [0.15, 0.2) is 0 Å². The number of amides is 3. The van der Waals surface area contributed by atoms with Crippen LogP contribution in [0.1, 0.15) is 53.7 Å². The fraction of sp³-hybridized carbons (Fsp3) is 0.433. The van der Waals surface area contributed by atoms with Gasteiger partial charge in [-0.15, -0.1) is 0 Å². The second-order valence-corrected chi connectivity index (χ2v) is 10.4. The van der Waals surface area contributed by atoms with Crippen LogP contribution in [0.4, 0.5) is 4.39 Å². The molecule has 7 nitrogen and oxygen atoms in total. The van der Waals surface area contributed by atoms with Crippen molar-refractivity contribution in [3.05, 3.63) is 70.8 Å². The summed E-state index contributed by atoms with van der Waals surface area (Å²) in [6.07, 6.45) is -0.349. The van der Waals surface area contributed by atoms with Gasteiger partial charge in [-0.25, -0.2) is 4.39 Å². The third-order valence-corrected chi connectivity index (χ3v) is 6.98. The van der Waals surface area contributed by atoms with E-state index in [4.69, 9.17) is 0 Å². The number of nitrogens with zero attached hydrogens (tertiary/aromatic N) is 1. The van der Waals surface area contributed by atoms with Crippen molar-refractivity contribution in [2.75, 3.05) is 19.6 Å². The van der Waals surface area contributed by atoms with Crippen LogP contribution in [-0.4, -0.2) is 66.6 Å². The van der Waals surface area contributed by atoms with E-state index in [1.54, 1.807) is 17.0 Å². The standard InChI is InChI=1S/C30H35FN4O3/c1-19(2)30(38)35-18-25(34-29(37)27-14-24(31)16-32-27)15-26(35)17-33-28(36)23-12-10-22(11-13-23)9-8-21-6-4-20(3)5-7-21/h4-7,10-13,19,24-27,32H,14-18H2,1-3H3,(H,33,36)(H,34,37)/t24-,25+,26+,27-/m0/s1. The van der Waals surface area contributed by atoms with Gasteiger partial charge >= 0.3 is 0 Å². The van der Waals surface area contributed by atoms with E-state index in [0.29, 0.717) is 18.5 Å². The fourth-order valence-electron chi connectivity index (χ4n) is 4.81. The zero-order valence-corrected chi connectivity index (χ0v) is 22.1. The van der Waals surface area contributed by atoms with Gasteiger partial charge in [0.2, 0.25) is 11.8 Å². The lowest BCUT2D eigenvalue weighted by Crippen LogP contribution is -2.47. The molecule has 0 aromatic heterocycles. The number of hydrogen-bond acceptors (Lipinski definition) is 4. The van der Waals surface area contributed by atoms with Crippen LogP contribution in [0.25, 0.3) is 0 Å². The Morgan fingerprint density at radius 1 is 1.03 bits per heavy atom. The molecule has 2 saturated heterocycles. The largest absolute Gasteiger partial charge is 0.350 e.